The zero-order chi connectivity index (χ0) is 19.3. The normalized spacial score (nSPS) is 11.1. The van der Waals surface area contributed by atoms with Gasteiger partial charge in [0.15, 0.2) is 0 Å². The van der Waals surface area contributed by atoms with Gasteiger partial charge in [0.25, 0.3) is 0 Å². The molecule has 0 aromatic carbocycles. The molecule has 0 aliphatic rings. The standard InChI is InChI=1S/C25H54P.BrH.H3N/c1-5-8-11-14-17-20-23-26(4,24-21-18-15-12-9-6-2)25-22-19-16-13-10-7-3;;/h5-25H2,1-4H3;1H;1H3/q+1;;. The highest BCUT2D eigenvalue weighted by Crippen LogP contribution is 2.57. The summed E-state index contributed by atoms with van der Waals surface area (Å²) in [6.07, 6.45) is 31.2. The average molecular weight is 484 g/mol. The van der Waals surface area contributed by atoms with E-state index in [9.17, 15) is 0 Å². The van der Waals surface area contributed by atoms with Crippen molar-refractivity contribution in [1.82, 2.24) is 6.15 Å². The predicted molar refractivity (Wildman–Crippen MR) is 143 cm³/mol. The molecule has 0 radical (unpaired) electrons. The van der Waals surface area contributed by atoms with E-state index in [1.165, 1.54) is 116 Å². The monoisotopic (exact) mass is 482 g/mol. The number of hydrogen-bond acceptors (Lipinski definition) is 1. The maximum absolute atomic E-state index is 2.73. The molecule has 0 aromatic rings. The van der Waals surface area contributed by atoms with Crippen LogP contribution in [0.4, 0.5) is 0 Å². The molecule has 3 N–H and O–H groups in total. The molecular weight excluding hydrogens is 425 g/mol. The average Bonchev–Trinajstić information content (AvgIpc) is 2.64. The third kappa shape index (κ3) is 23.2. The first-order chi connectivity index (χ1) is 12.7. The van der Waals surface area contributed by atoms with Gasteiger partial charge in [0.05, 0.1) is 18.5 Å². The molecule has 0 saturated carbocycles. The van der Waals surface area contributed by atoms with Crippen LogP contribution in [0.2, 0.25) is 0 Å². The molecule has 0 bridgehead atoms. The van der Waals surface area contributed by atoms with Gasteiger partial charge in [-0.15, -0.1) is 17.0 Å². The van der Waals surface area contributed by atoms with E-state index in [0.29, 0.717) is 0 Å². The highest BCUT2D eigenvalue weighted by Gasteiger charge is 2.29. The second kappa shape index (κ2) is 25.9. The number of rotatable bonds is 21. The van der Waals surface area contributed by atoms with Gasteiger partial charge >= 0.3 is 0 Å². The molecule has 0 unspecified atom stereocenters. The van der Waals surface area contributed by atoms with Crippen molar-refractivity contribution in [1.29, 1.82) is 0 Å². The minimum atomic E-state index is -0.636. The first-order valence-electron chi connectivity index (χ1n) is 12.5. The van der Waals surface area contributed by atoms with E-state index in [2.05, 4.69) is 27.4 Å². The second-order valence-electron chi connectivity index (χ2n) is 9.09. The van der Waals surface area contributed by atoms with Crippen molar-refractivity contribution in [3.8, 4) is 0 Å². The number of halogens is 1. The molecular formula is C25H58BrNP+. The van der Waals surface area contributed by atoms with E-state index in [1.807, 2.05) is 0 Å². The zero-order valence-corrected chi connectivity index (χ0v) is 23.0. The van der Waals surface area contributed by atoms with Gasteiger partial charge in [-0.1, -0.05) is 97.8 Å². The van der Waals surface area contributed by atoms with Crippen LogP contribution in [-0.2, 0) is 0 Å². The molecule has 0 spiro atoms. The SMILES string of the molecule is Br.CCCCCCCC[P+](C)(CCCCCCCC)CCCCCCCC.N. The Bertz CT molecular complexity index is 232. The lowest BCUT2D eigenvalue weighted by Crippen LogP contribution is -2.08. The summed E-state index contributed by atoms with van der Waals surface area (Å²) in [5.74, 6) is 0. The minimum absolute atomic E-state index is 0. The predicted octanol–water partition coefficient (Wildman–Crippen LogP) is 10.5. The highest BCUT2D eigenvalue weighted by molar-refractivity contribution is 8.93. The fraction of sp³-hybridized carbons (Fsp3) is 1.00. The summed E-state index contributed by atoms with van der Waals surface area (Å²) in [5, 5.41) is 0. The van der Waals surface area contributed by atoms with Crippen LogP contribution in [0.5, 0.6) is 0 Å². The summed E-state index contributed by atoms with van der Waals surface area (Å²) in [6.45, 7) is 9.70. The van der Waals surface area contributed by atoms with E-state index in [1.54, 1.807) is 18.5 Å². The van der Waals surface area contributed by atoms with E-state index in [-0.39, 0.29) is 23.1 Å². The van der Waals surface area contributed by atoms with Crippen molar-refractivity contribution in [3.63, 3.8) is 0 Å². The number of unbranched alkanes of at least 4 members (excludes halogenated alkanes) is 15. The Kier molecular flexibility index (Phi) is 31.0. The Morgan fingerprint density at radius 1 is 0.393 bits per heavy atom. The summed E-state index contributed by atoms with van der Waals surface area (Å²) < 4.78 is 0. The van der Waals surface area contributed by atoms with Crippen LogP contribution in [-0.4, -0.2) is 25.2 Å². The van der Waals surface area contributed by atoms with Crippen molar-refractivity contribution >= 4 is 24.2 Å². The summed E-state index contributed by atoms with van der Waals surface area (Å²) in [4.78, 5) is 0. The van der Waals surface area contributed by atoms with Gasteiger partial charge in [-0.2, -0.15) is 0 Å². The van der Waals surface area contributed by atoms with Crippen LogP contribution < -0.4 is 6.15 Å². The zero-order valence-electron chi connectivity index (χ0n) is 20.4. The minimum Gasteiger partial charge on any atom is -0.344 e. The fourth-order valence-corrected chi connectivity index (χ4v) is 7.79. The fourth-order valence-electron chi connectivity index (χ4n) is 4.16. The quantitative estimate of drug-likeness (QED) is 0.128. The number of hydrogen-bond donors (Lipinski definition) is 1. The molecule has 3 heteroatoms. The Labute approximate surface area is 191 Å². The molecule has 174 valence electrons. The first-order valence-corrected chi connectivity index (χ1v) is 15.3. The topological polar surface area (TPSA) is 35.0 Å². The van der Waals surface area contributed by atoms with Crippen molar-refractivity contribution < 1.29 is 0 Å². The molecule has 0 amide bonds. The van der Waals surface area contributed by atoms with Gasteiger partial charge in [-0.05, 0) is 38.5 Å². The van der Waals surface area contributed by atoms with Gasteiger partial charge in [0, 0.05) is 13.9 Å². The van der Waals surface area contributed by atoms with Gasteiger partial charge < -0.3 is 6.15 Å². The molecule has 0 aliphatic heterocycles. The largest absolute Gasteiger partial charge is 0.344 e. The molecule has 0 atom stereocenters. The second-order valence-corrected chi connectivity index (χ2v) is 13.7. The highest BCUT2D eigenvalue weighted by atomic mass is 79.9. The Morgan fingerprint density at radius 3 is 0.857 bits per heavy atom. The summed E-state index contributed by atoms with van der Waals surface area (Å²) in [6, 6.07) is 0. The molecule has 0 fully saturated rings. The van der Waals surface area contributed by atoms with Crippen molar-refractivity contribution in [2.24, 2.45) is 0 Å². The Morgan fingerprint density at radius 2 is 0.607 bits per heavy atom. The Balaban J connectivity index is -0.00000312. The molecule has 0 heterocycles. The third-order valence-electron chi connectivity index (χ3n) is 6.15. The van der Waals surface area contributed by atoms with Crippen LogP contribution in [0.3, 0.4) is 0 Å². The smallest absolute Gasteiger partial charge is 0.0591 e. The van der Waals surface area contributed by atoms with E-state index in [0.717, 1.165) is 0 Å². The molecule has 1 nitrogen and oxygen atoms in total. The van der Waals surface area contributed by atoms with E-state index < -0.39 is 7.26 Å². The van der Waals surface area contributed by atoms with Crippen molar-refractivity contribution in [3.05, 3.63) is 0 Å². The van der Waals surface area contributed by atoms with Crippen LogP contribution in [0.25, 0.3) is 0 Å². The van der Waals surface area contributed by atoms with Gasteiger partial charge in [0.1, 0.15) is 0 Å². The molecule has 0 aliphatic carbocycles. The van der Waals surface area contributed by atoms with Gasteiger partial charge in [0.2, 0.25) is 0 Å². The van der Waals surface area contributed by atoms with Gasteiger partial charge in [-0.25, -0.2) is 0 Å². The third-order valence-corrected chi connectivity index (χ3v) is 10.3. The lowest BCUT2D eigenvalue weighted by Gasteiger charge is -2.24. The first kappa shape index (κ1) is 33.5. The molecule has 28 heavy (non-hydrogen) atoms. The maximum atomic E-state index is 2.73. The van der Waals surface area contributed by atoms with Crippen LogP contribution >= 0.6 is 24.2 Å². The van der Waals surface area contributed by atoms with Crippen LogP contribution in [0, 0.1) is 0 Å². The summed E-state index contributed by atoms with van der Waals surface area (Å²) in [5.41, 5.74) is 0. The molecule has 0 saturated heterocycles. The van der Waals surface area contributed by atoms with Crippen LogP contribution in [0.15, 0.2) is 0 Å². The maximum Gasteiger partial charge on any atom is 0.0591 e. The lowest BCUT2D eigenvalue weighted by molar-refractivity contribution is 0.616. The molecule has 0 aromatic heterocycles. The Hall–Kier alpha value is 0.870. The van der Waals surface area contributed by atoms with Crippen molar-refractivity contribution in [2.45, 2.75) is 136 Å². The van der Waals surface area contributed by atoms with E-state index >= 15 is 0 Å². The lowest BCUT2D eigenvalue weighted by atomic mass is 10.1. The summed E-state index contributed by atoms with van der Waals surface area (Å²) >= 11 is 0. The summed E-state index contributed by atoms with van der Waals surface area (Å²) in [7, 11) is -0.636. The van der Waals surface area contributed by atoms with Crippen molar-refractivity contribution in [2.75, 3.05) is 25.2 Å². The molecule has 0 rings (SSSR count). The van der Waals surface area contributed by atoms with Gasteiger partial charge in [-0.3, -0.25) is 0 Å². The van der Waals surface area contributed by atoms with E-state index in [4.69, 9.17) is 0 Å². The van der Waals surface area contributed by atoms with Crippen LogP contribution in [0.1, 0.15) is 136 Å².